The number of aromatic nitrogens is 2. The normalized spacial score (nSPS) is 14.2. The Hall–Kier alpha value is -4.90. The van der Waals surface area contributed by atoms with Crippen LogP contribution in [0.5, 0.6) is 0 Å². The fourth-order valence-electron chi connectivity index (χ4n) is 6.78. The van der Waals surface area contributed by atoms with Crippen molar-refractivity contribution in [3.8, 4) is 11.1 Å². The Balaban J connectivity index is 1.27. The fraction of sp³-hybridized carbons (Fsp3) is 0.325. The number of alkyl halides is 3. The number of likely N-dealkylation sites (tertiary alicyclic amines) is 1. The van der Waals surface area contributed by atoms with E-state index in [9.17, 15) is 31.5 Å². The van der Waals surface area contributed by atoms with Crippen LogP contribution >= 0.6 is 0 Å². The van der Waals surface area contributed by atoms with E-state index >= 15 is 0 Å². The number of rotatable bonds is 11. The van der Waals surface area contributed by atoms with E-state index in [0.717, 1.165) is 61.8 Å². The Kier molecular flexibility index (Phi) is 11.0. The summed E-state index contributed by atoms with van der Waals surface area (Å²) in [6.07, 6.45) is -2.35. The van der Waals surface area contributed by atoms with Crippen LogP contribution in [0.2, 0.25) is 0 Å². The maximum atomic E-state index is 14.5. The van der Waals surface area contributed by atoms with Crippen LogP contribution in [-0.2, 0) is 36.9 Å². The largest absolute Gasteiger partial charge is 0.416 e. The number of carbonyl (C=O) groups excluding carboxylic acids is 1. The molecule has 1 aromatic heterocycles. The minimum atomic E-state index is -4.41. The Morgan fingerprint density at radius 1 is 0.863 bits per heavy atom. The first-order valence-electron chi connectivity index (χ1n) is 17.2. The summed E-state index contributed by atoms with van der Waals surface area (Å²) in [6, 6.07) is 23.3. The zero-order chi connectivity index (χ0) is 36.1. The summed E-state index contributed by atoms with van der Waals surface area (Å²) in [5.74, 6) is -1.52. The van der Waals surface area contributed by atoms with Gasteiger partial charge in [-0.25, -0.2) is 8.78 Å². The molecule has 1 amide bonds. The van der Waals surface area contributed by atoms with Crippen LogP contribution in [-0.4, -0.2) is 51.4 Å². The van der Waals surface area contributed by atoms with E-state index < -0.39 is 28.9 Å². The van der Waals surface area contributed by atoms with Crippen LogP contribution in [0.1, 0.15) is 42.3 Å². The number of fused-ring (bicyclic) bond motifs is 1. The molecule has 0 radical (unpaired) electrons. The smallest absolute Gasteiger partial charge is 0.337 e. The Morgan fingerprint density at radius 3 is 2.20 bits per heavy atom. The number of para-hydroxylation sites is 1. The van der Waals surface area contributed by atoms with Crippen molar-refractivity contribution in [1.82, 2.24) is 19.4 Å². The third-order valence-electron chi connectivity index (χ3n) is 9.77. The molecule has 0 aliphatic carbocycles. The highest BCUT2D eigenvalue weighted by Gasteiger charge is 2.30. The summed E-state index contributed by atoms with van der Waals surface area (Å²) in [6.45, 7) is 5.69. The standard InChI is InChI=1S/C40H39F5N4O2/c1-2-47-22-20-28(21-23-47)25-48(24-27-10-12-29(13-11-27)30-14-17-32(18-15-30)40(43,44)45)37(50)26-49-35-9-4-3-7-33(35)39(51)46-36(49)19-16-31-6-5-8-34(41)38(31)42/h3-15,17-18,28H,2,16,19-26H2,1H3. The predicted molar refractivity (Wildman–Crippen MR) is 187 cm³/mol. The number of benzene rings is 4. The molecule has 1 aliphatic heterocycles. The maximum absolute atomic E-state index is 14.5. The number of nitrogens with zero attached hydrogens (tertiary/aromatic N) is 4. The number of amides is 1. The zero-order valence-corrected chi connectivity index (χ0v) is 28.3. The lowest BCUT2D eigenvalue weighted by Gasteiger charge is -2.34. The topological polar surface area (TPSA) is 58.4 Å². The van der Waals surface area contributed by atoms with Crippen molar-refractivity contribution < 1.29 is 26.7 Å². The Morgan fingerprint density at radius 2 is 1.53 bits per heavy atom. The van der Waals surface area contributed by atoms with Gasteiger partial charge in [0.05, 0.1) is 16.5 Å². The number of carbonyl (C=O) groups is 1. The second-order valence-electron chi connectivity index (χ2n) is 13.1. The van der Waals surface area contributed by atoms with Crippen molar-refractivity contribution in [3.05, 3.63) is 135 Å². The van der Waals surface area contributed by atoms with Gasteiger partial charge in [0.15, 0.2) is 11.6 Å². The lowest BCUT2D eigenvalue weighted by Crippen LogP contribution is -2.42. The lowest BCUT2D eigenvalue weighted by atomic mass is 9.95. The Labute approximate surface area is 293 Å². The van der Waals surface area contributed by atoms with Gasteiger partial charge in [-0.1, -0.05) is 67.6 Å². The molecule has 266 valence electrons. The molecule has 51 heavy (non-hydrogen) atoms. The first kappa shape index (κ1) is 35.9. The van der Waals surface area contributed by atoms with E-state index in [1.54, 1.807) is 28.8 Å². The first-order valence-corrected chi connectivity index (χ1v) is 17.2. The SMILES string of the molecule is CCN1CCC(CN(Cc2ccc(-c3ccc(C(F)(F)F)cc3)cc2)C(=O)Cn2c(CCc3cccc(F)c3F)nc(=O)c3ccccc32)CC1. The van der Waals surface area contributed by atoms with Crippen LogP contribution in [0.3, 0.4) is 0 Å². The molecule has 6 nitrogen and oxygen atoms in total. The summed E-state index contributed by atoms with van der Waals surface area (Å²) < 4.78 is 69.4. The summed E-state index contributed by atoms with van der Waals surface area (Å²) in [5.41, 5.74) is 1.76. The van der Waals surface area contributed by atoms with Crippen LogP contribution in [0.15, 0.2) is 95.8 Å². The van der Waals surface area contributed by atoms with Crippen molar-refractivity contribution >= 4 is 16.8 Å². The van der Waals surface area contributed by atoms with Crippen molar-refractivity contribution in [2.45, 2.75) is 51.9 Å². The highest BCUT2D eigenvalue weighted by Crippen LogP contribution is 2.31. The molecule has 11 heteroatoms. The third kappa shape index (κ3) is 8.53. The average molecular weight is 703 g/mol. The molecule has 0 N–H and O–H groups in total. The predicted octanol–water partition coefficient (Wildman–Crippen LogP) is 7.91. The Bertz CT molecular complexity index is 2040. The van der Waals surface area contributed by atoms with Crippen molar-refractivity contribution in [3.63, 3.8) is 0 Å². The van der Waals surface area contributed by atoms with Gasteiger partial charge in [-0.3, -0.25) is 9.59 Å². The first-order chi connectivity index (χ1) is 24.5. The number of hydrogen-bond donors (Lipinski definition) is 0. The molecule has 0 atom stereocenters. The average Bonchev–Trinajstić information content (AvgIpc) is 3.13. The van der Waals surface area contributed by atoms with Crippen molar-refractivity contribution in [2.75, 3.05) is 26.2 Å². The third-order valence-corrected chi connectivity index (χ3v) is 9.77. The second kappa shape index (κ2) is 15.6. The molecule has 1 fully saturated rings. The molecule has 5 aromatic rings. The molecule has 0 unspecified atom stereocenters. The van der Waals surface area contributed by atoms with Gasteiger partial charge in [0.25, 0.3) is 5.56 Å². The van der Waals surface area contributed by atoms with Crippen LogP contribution in [0, 0.1) is 17.6 Å². The van der Waals surface area contributed by atoms with E-state index in [1.807, 2.05) is 29.2 Å². The molecule has 1 aliphatic rings. The maximum Gasteiger partial charge on any atom is 0.416 e. The highest BCUT2D eigenvalue weighted by atomic mass is 19.4. The van der Waals surface area contributed by atoms with Gasteiger partial charge < -0.3 is 14.4 Å². The number of halogens is 5. The van der Waals surface area contributed by atoms with Crippen LogP contribution in [0.25, 0.3) is 22.0 Å². The van der Waals surface area contributed by atoms with Crippen LogP contribution < -0.4 is 5.56 Å². The monoisotopic (exact) mass is 702 g/mol. The molecule has 2 heterocycles. The quantitative estimate of drug-likeness (QED) is 0.131. The van der Waals surface area contributed by atoms with E-state index in [4.69, 9.17) is 0 Å². The number of aryl methyl sites for hydroxylation is 2. The minimum Gasteiger partial charge on any atom is -0.337 e. The van der Waals surface area contributed by atoms with Gasteiger partial charge in [0, 0.05) is 19.5 Å². The summed E-state index contributed by atoms with van der Waals surface area (Å²) in [4.78, 5) is 35.9. The zero-order valence-electron chi connectivity index (χ0n) is 28.3. The van der Waals surface area contributed by atoms with Gasteiger partial charge in [-0.15, -0.1) is 0 Å². The molecular formula is C40H39F5N4O2. The number of piperidine rings is 1. The summed E-state index contributed by atoms with van der Waals surface area (Å²) in [7, 11) is 0. The molecule has 0 saturated carbocycles. The second-order valence-corrected chi connectivity index (χ2v) is 13.1. The van der Waals surface area contributed by atoms with E-state index in [1.165, 1.54) is 24.3 Å². The number of hydrogen-bond acceptors (Lipinski definition) is 4. The van der Waals surface area contributed by atoms with Crippen molar-refractivity contribution in [1.29, 1.82) is 0 Å². The van der Waals surface area contributed by atoms with Gasteiger partial charge >= 0.3 is 6.18 Å². The van der Waals surface area contributed by atoms with Gasteiger partial charge in [-0.2, -0.15) is 18.2 Å². The van der Waals surface area contributed by atoms with E-state index in [-0.39, 0.29) is 36.8 Å². The van der Waals surface area contributed by atoms with Crippen molar-refractivity contribution in [2.24, 2.45) is 5.92 Å². The molecule has 4 aromatic carbocycles. The summed E-state index contributed by atoms with van der Waals surface area (Å²) >= 11 is 0. The van der Waals surface area contributed by atoms with Gasteiger partial charge in [0.1, 0.15) is 12.4 Å². The molecular weight excluding hydrogens is 663 g/mol. The molecule has 6 rings (SSSR count). The van der Waals surface area contributed by atoms with Gasteiger partial charge in [-0.05, 0) is 97.4 Å². The highest BCUT2D eigenvalue weighted by molar-refractivity contribution is 5.82. The van der Waals surface area contributed by atoms with E-state index in [2.05, 4.69) is 16.8 Å². The summed E-state index contributed by atoms with van der Waals surface area (Å²) in [5, 5.41) is 0.350. The molecule has 0 bridgehead atoms. The lowest BCUT2D eigenvalue weighted by molar-refractivity contribution is -0.137. The molecule has 0 spiro atoms. The fourth-order valence-corrected chi connectivity index (χ4v) is 6.78. The van der Waals surface area contributed by atoms with Gasteiger partial charge in [0.2, 0.25) is 5.91 Å². The van der Waals surface area contributed by atoms with E-state index in [0.29, 0.717) is 35.4 Å². The molecule has 1 saturated heterocycles. The minimum absolute atomic E-state index is 0.0769. The van der Waals surface area contributed by atoms with Crippen LogP contribution in [0.4, 0.5) is 22.0 Å².